The van der Waals surface area contributed by atoms with Crippen LogP contribution in [0.25, 0.3) is 0 Å². The summed E-state index contributed by atoms with van der Waals surface area (Å²) < 4.78 is 0. The molecule has 0 radical (unpaired) electrons. The molecule has 21 heavy (non-hydrogen) atoms. The molecular formula is C17H27N3S. The first-order valence-corrected chi connectivity index (χ1v) is 9.50. The minimum Gasteiger partial charge on any atom is -0.348 e. The van der Waals surface area contributed by atoms with Crippen molar-refractivity contribution < 1.29 is 0 Å². The number of hydrogen-bond acceptors (Lipinski definition) is 4. The number of thiazole rings is 1. The standard InChI is InChI=1S/C17H27N3S/c1-11-7-8-20(10-12(11)2)17-19-16(13-3-4-13)15(21-17)9-18-14-5-6-14/h11-14,18H,3-10H2,1-2H3. The van der Waals surface area contributed by atoms with Crippen LogP contribution in [0, 0.1) is 11.8 Å². The Hall–Kier alpha value is -0.610. The Labute approximate surface area is 132 Å². The second-order valence-electron chi connectivity index (χ2n) is 7.42. The van der Waals surface area contributed by atoms with Crippen LogP contribution in [-0.2, 0) is 6.54 Å². The number of aromatic nitrogens is 1. The van der Waals surface area contributed by atoms with Gasteiger partial charge in [0.2, 0.25) is 0 Å². The van der Waals surface area contributed by atoms with Crippen LogP contribution >= 0.6 is 11.3 Å². The Morgan fingerprint density at radius 2 is 1.95 bits per heavy atom. The number of rotatable bonds is 5. The van der Waals surface area contributed by atoms with E-state index in [2.05, 4.69) is 24.1 Å². The molecule has 0 aromatic carbocycles. The van der Waals surface area contributed by atoms with Gasteiger partial charge >= 0.3 is 0 Å². The van der Waals surface area contributed by atoms with E-state index in [1.165, 1.54) is 60.9 Å². The molecule has 2 unspecified atom stereocenters. The van der Waals surface area contributed by atoms with E-state index >= 15 is 0 Å². The topological polar surface area (TPSA) is 28.2 Å². The highest BCUT2D eigenvalue weighted by Crippen LogP contribution is 2.44. The van der Waals surface area contributed by atoms with Gasteiger partial charge in [-0.25, -0.2) is 4.98 Å². The lowest BCUT2D eigenvalue weighted by atomic mass is 9.89. The zero-order valence-corrected chi connectivity index (χ0v) is 14.1. The second-order valence-corrected chi connectivity index (χ2v) is 8.49. The highest BCUT2D eigenvalue weighted by Gasteiger charge is 2.32. The average molecular weight is 305 g/mol. The molecule has 2 atom stereocenters. The maximum atomic E-state index is 5.06. The number of anilines is 1. The van der Waals surface area contributed by atoms with Gasteiger partial charge in [0.1, 0.15) is 0 Å². The molecular weight excluding hydrogens is 278 g/mol. The van der Waals surface area contributed by atoms with E-state index in [0.717, 1.165) is 30.3 Å². The summed E-state index contributed by atoms with van der Waals surface area (Å²) in [7, 11) is 0. The molecule has 0 amide bonds. The second kappa shape index (κ2) is 5.54. The third-order valence-corrected chi connectivity index (χ3v) is 6.55. The van der Waals surface area contributed by atoms with Crippen molar-refractivity contribution in [3.63, 3.8) is 0 Å². The zero-order chi connectivity index (χ0) is 14.4. The lowest BCUT2D eigenvalue weighted by Gasteiger charge is -2.35. The molecule has 0 spiro atoms. The lowest BCUT2D eigenvalue weighted by Crippen LogP contribution is -2.38. The van der Waals surface area contributed by atoms with E-state index in [9.17, 15) is 0 Å². The molecule has 3 fully saturated rings. The molecule has 1 saturated heterocycles. The van der Waals surface area contributed by atoms with Crippen LogP contribution in [0.2, 0.25) is 0 Å². The predicted octanol–water partition coefficient (Wildman–Crippen LogP) is 3.75. The minimum absolute atomic E-state index is 0.771. The highest BCUT2D eigenvalue weighted by atomic mass is 32.1. The molecule has 2 aliphatic carbocycles. The first kappa shape index (κ1) is 14.0. The van der Waals surface area contributed by atoms with E-state index < -0.39 is 0 Å². The summed E-state index contributed by atoms with van der Waals surface area (Å²) in [6, 6.07) is 0.790. The fourth-order valence-electron chi connectivity index (χ4n) is 3.25. The molecule has 1 aromatic rings. The molecule has 3 aliphatic rings. The van der Waals surface area contributed by atoms with Gasteiger partial charge in [0.25, 0.3) is 0 Å². The quantitative estimate of drug-likeness (QED) is 0.898. The van der Waals surface area contributed by atoms with Gasteiger partial charge in [0.15, 0.2) is 5.13 Å². The van der Waals surface area contributed by atoms with Gasteiger partial charge in [-0.2, -0.15) is 0 Å². The van der Waals surface area contributed by atoms with Crippen LogP contribution in [0.5, 0.6) is 0 Å². The SMILES string of the molecule is CC1CCN(c2nc(C3CC3)c(CNC3CC3)s2)CC1C. The lowest BCUT2D eigenvalue weighted by molar-refractivity contribution is 0.323. The summed E-state index contributed by atoms with van der Waals surface area (Å²) in [5.41, 5.74) is 1.43. The van der Waals surface area contributed by atoms with E-state index in [1.54, 1.807) is 0 Å². The van der Waals surface area contributed by atoms with Crippen molar-refractivity contribution in [1.29, 1.82) is 0 Å². The van der Waals surface area contributed by atoms with Gasteiger partial charge in [-0.3, -0.25) is 0 Å². The van der Waals surface area contributed by atoms with Gasteiger partial charge in [-0.15, -0.1) is 11.3 Å². The summed E-state index contributed by atoms with van der Waals surface area (Å²) in [5, 5.41) is 4.97. The fourth-order valence-corrected chi connectivity index (χ4v) is 4.38. The molecule has 4 rings (SSSR count). The number of piperidine rings is 1. The Kier molecular flexibility index (Phi) is 3.70. The van der Waals surface area contributed by atoms with Crippen molar-refractivity contribution in [3.05, 3.63) is 10.6 Å². The van der Waals surface area contributed by atoms with Crippen molar-refractivity contribution in [2.45, 2.75) is 64.5 Å². The molecule has 1 aromatic heterocycles. The molecule has 2 saturated carbocycles. The Balaban J connectivity index is 1.50. The third-order valence-electron chi connectivity index (χ3n) is 5.41. The van der Waals surface area contributed by atoms with Gasteiger partial charge in [-0.05, 0) is 43.9 Å². The number of nitrogens with one attached hydrogen (secondary N) is 1. The Morgan fingerprint density at radius 3 is 2.62 bits per heavy atom. The van der Waals surface area contributed by atoms with Crippen LogP contribution in [0.3, 0.4) is 0 Å². The molecule has 1 N–H and O–H groups in total. The fraction of sp³-hybridized carbons (Fsp3) is 0.824. The number of nitrogens with zero attached hydrogens (tertiary/aromatic N) is 2. The summed E-state index contributed by atoms with van der Waals surface area (Å²) in [6.45, 7) is 8.22. The van der Waals surface area contributed by atoms with Crippen molar-refractivity contribution in [3.8, 4) is 0 Å². The largest absolute Gasteiger partial charge is 0.348 e. The summed E-state index contributed by atoms with van der Waals surface area (Å²) >= 11 is 1.96. The first-order chi connectivity index (χ1) is 10.2. The van der Waals surface area contributed by atoms with Crippen molar-refractivity contribution in [2.75, 3.05) is 18.0 Å². The summed E-state index contributed by atoms with van der Waals surface area (Å²) in [5.74, 6) is 2.42. The molecule has 2 heterocycles. The maximum absolute atomic E-state index is 5.06. The average Bonchev–Trinajstić information content (AvgIpc) is 3.39. The van der Waals surface area contributed by atoms with E-state index in [-0.39, 0.29) is 0 Å². The molecule has 1 aliphatic heterocycles. The van der Waals surface area contributed by atoms with E-state index in [1.807, 2.05) is 11.3 Å². The highest BCUT2D eigenvalue weighted by molar-refractivity contribution is 7.15. The van der Waals surface area contributed by atoms with Crippen LogP contribution in [0.1, 0.15) is 62.4 Å². The summed E-state index contributed by atoms with van der Waals surface area (Å²) in [4.78, 5) is 9.12. The van der Waals surface area contributed by atoms with E-state index in [4.69, 9.17) is 4.98 Å². The van der Waals surface area contributed by atoms with Gasteiger partial charge in [0, 0.05) is 36.5 Å². The van der Waals surface area contributed by atoms with Crippen molar-refractivity contribution >= 4 is 16.5 Å². The minimum atomic E-state index is 0.771. The van der Waals surface area contributed by atoms with E-state index in [0.29, 0.717) is 0 Å². The van der Waals surface area contributed by atoms with Gasteiger partial charge in [-0.1, -0.05) is 13.8 Å². The smallest absolute Gasteiger partial charge is 0.185 e. The maximum Gasteiger partial charge on any atom is 0.185 e. The summed E-state index contributed by atoms with van der Waals surface area (Å²) in [6.07, 6.45) is 6.76. The van der Waals surface area contributed by atoms with Crippen molar-refractivity contribution in [2.24, 2.45) is 11.8 Å². The molecule has 3 nitrogen and oxygen atoms in total. The van der Waals surface area contributed by atoms with Crippen LogP contribution in [0.15, 0.2) is 0 Å². The zero-order valence-electron chi connectivity index (χ0n) is 13.3. The normalized spacial score (nSPS) is 29.9. The molecule has 0 bridgehead atoms. The van der Waals surface area contributed by atoms with Crippen molar-refractivity contribution in [1.82, 2.24) is 10.3 Å². The third kappa shape index (κ3) is 3.11. The first-order valence-electron chi connectivity index (χ1n) is 8.68. The predicted molar refractivity (Wildman–Crippen MR) is 89.1 cm³/mol. The van der Waals surface area contributed by atoms with Crippen LogP contribution in [0.4, 0.5) is 5.13 Å². The van der Waals surface area contributed by atoms with Gasteiger partial charge < -0.3 is 10.2 Å². The van der Waals surface area contributed by atoms with Crippen LogP contribution < -0.4 is 10.2 Å². The molecule has 4 heteroatoms. The number of hydrogen-bond donors (Lipinski definition) is 1. The Bertz CT molecular complexity index is 504. The van der Waals surface area contributed by atoms with Crippen LogP contribution in [-0.4, -0.2) is 24.1 Å². The molecule has 116 valence electrons. The Morgan fingerprint density at radius 1 is 1.14 bits per heavy atom. The van der Waals surface area contributed by atoms with Gasteiger partial charge in [0.05, 0.1) is 5.69 Å². The monoisotopic (exact) mass is 305 g/mol.